The van der Waals surface area contributed by atoms with Gasteiger partial charge in [-0.25, -0.2) is 4.98 Å². The molecule has 1 aromatic carbocycles. The number of fused-ring (bicyclic) bond motifs is 1. The van der Waals surface area contributed by atoms with Crippen molar-refractivity contribution in [1.82, 2.24) is 9.88 Å². The van der Waals surface area contributed by atoms with Gasteiger partial charge in [0.15, 0.2) is 5.13 Å². The lowest BCUT2D eigenvalue weighted by Gasteiger charge is -2.34. The van der Waals surface area contributed by atoms with Crippen LogP contribution < -0.4 is 10.2 Å². The fourth-order valence-corrected chi connectivity index (χ4v) is 4.62. The molecule has 0 saturated carbocycles. The van der Waals surface area contributed by atoms with Crippen molar-refractivity contribution >= 4 is 45.7 Å². The van der Waals surface area contributed by atoms with Crippen LogP contribution in [0.5, 0.6) is 0 Å². The summed E-state index contributed by atoms with van der Waals surface area (Å²) in [5, 5.41) is 5.76. The lowest BCUT2D eigenvalue weighted by atomic mass is 10.1. The summed E-state index contributed by atoms with van der Waals surface area (Å²) in [6.07, 6.45) is 1.80. The molecule has 3 heterocycles. The van der Waals surface area contributed by atoms with Gasteiger partial charge in [0.05, 0.1) is 10.9 Å². The first-order chi connectivity index (χ1) is 12.1. The molecule has 0 unspecified atom stereocenters. The highest BCUT2D eigenvalue weighted by Gasteiger charge is 2.26. The molecule has 1 saturated heterocycles. The van der Waals surface area contributed by atoms with Crippen LogP contribution in [-0.4, -0.2) is 53.1 Å². The van der Waals surface area contributed by atoms with E-state index in [4.69, 9.17) is 0 Å². The number of anilines is 2. The highest BCUT2D eigenvalue weighted by Crippen LogP contribution is 2.36. The maximum Gasteiger partial charge on any atom is 0.254 e. The van der Waals surface area contributed by atoms with Gasteiger partial charge in [0, 0.05) is 48.2 Å². The van der Waals surface area contributed by atoms with Crippen molar-refractivity contribution < 1.29 is 9.59 Å². The molecule has 1 atom stereocenters. The Bertz CT molecular complexity index is 801. The second kappa shape index (κ2) is 6.68. The van der Waals surface area contributed by atoms with E-state index in [-0.39, 0.29) is 17.1 Å². The molecule has 0 bridgehead atoms. The molecule has 2 aromatic rings. The maximum atomic E-state index is 12.8. The van der Waals surface area contributed by atoms with Crippen LogP contribution in [0, 0.1) is 0 Å². The van der Waals surface area contributed by atoms with Crippen molar-refractivity contribution in [2.24, 2.45) is 0 Å². The van der Waals surface area contributed by atoms with E-state index >= 15 is 0 Å². The van der Waals surface area contributed by atoms with E-state index in [1.165, 1.54) is 11.8 Å². The van der Waals surface area contributed by atoms with Crippen LogP contribution in [0.3, 0.4) is 0 Å². The van der Waals surface area contributed by atoms with Gasteiger partial charge in [-0.15, -0.1) is 23.1 Å². The highest BCUT2D eigenvalue weighted by atomic mass is 32.2. The SMILES string of the molecule is C[C@@H]1Sc2ccc(C(=O)N3CCN(c4nccs4)CC3)cc2NC1=O. The average Bonchev–Trinajstić information content (AvgIpc) is 3.16. The Morgan fingerprint density at radius 3 is 2.80 bits per heavy atom. The molecule has 2 aliphatic heterocycles. The van der Waals surface area contributed by atoms with Gasteiger partial charge in [-0.1, -0.05) is 0 Å². The molecule has 8 heteroatoms. The first-order valence-electron chi connectivity index (χ1n) is 8.17. The van der Waals surface area contributed by atoms with Crippen LogP contribution in [0.15, 0.2) is 34.7 Å². The van der Waals surface area contributed by atoms with Crippen LogP contribution in [0.25, 0.3) is 0 Å². The zero-order valence-corrected chi connectivity index (χ0v) is 15.4. The second-order valence-corrected chi connectivity index (χ2v) is 8.31. The Labute approximate surface area is 154 Å². The summed E-state index contributed by atoms with van der Waals surface area (Å²) in [6, 6.07) is 5.57. The topological polar surface area (TPSA) is 65.5 Å². The minimum absolute atomic E-state index is 0.0134. The quantitative estimate of drug-likeness (QED) is 0.875. The summed E-state index contributed by atoms with van der Waals surface area (Å²) in [6.45, 7) is 4.80. The van der Waals surface area contributed by atoms with Crippen molar-refractivity contribution in [2.45, 2.75) is 17.1 Å². The number of hydrogen-bond donors (Lipinski definition) is 1. The molecule has 2 aliphatic rings. The summed E-state index contributed by atoms with van der Waals surface area (Å²) >= 11 is 3.15. The fraction of sp³-hybridized carbons (Fsp3) is 0.353. The number of thiazole rings is 1. The second-order valence-electron chi connectivity index (χ2n) is 6.05. The minimum Gasteiger partial charge on any atom is -0.345 e. The smallest absolute Gasteiger partial charge is 0.254 e. The molecule has 4 rings (SSSR count). The summed E-state index contributed by atoms with van der Waals surface area (Å²) < 4.78 is 0. The molecule has 0 aliphatic carbocycles. The van der Waals surface area contributed by atoms with Gasteiger partial charge < -0.3 is 15.1 Å². The molecule has 1 fully saturated rings. The van der Waals surface area contributed by atoms with E-state index in [1.807, 2.05) is 29.3 Å². The van der Waals surface area contributed by atoms with Gasteiger partial charge in [0.2, 0.25) is 5.91 Å². The van der Waals surface area contributed by atoms with Crippen molar-refractivity contribution in [3.05, 3.63) is 35.3 Å². The molecular formula is C17H18N4O2S2. The van der Waals surface area contributed by atoms with Crippen molar-refractivity contribution in [3.8, 4) is 0 Å². The molecule has 1 N–H and O–H groups in total. The van der Waals surface area contributed by atoms with Crippen LogP contribution >= 0.6 is 23.1 Å². The molecule has 25 heavy (non-hydrogen) atoms. The van der Waals surface area contributed by atoms with Crippen LogP contribution in [0.1, 0.15) is 17.3 Å². The normalized spacial score (nSPS) is 20.2. The fourth-order valence-electron chi connectivity index (χ4n) is 3.00. The van der Waals surface area contributed by atoms with Gasteiger partial charge >= 0.3 is 0 Å². The Kier molecular flexibility index (Phi) is 4.39. The maximum absolute atomic E-state index is 12.8. The average molecular weight is 374 g/mol. The van der Waals surface area contributed by atoms with E-state index in [0.29, 0.717) is 18.7 Å². The number of rotatable bonds is 2. The third-order valence-electron chi connectivity index (χ3n) is 4.41. The molecule has 1 aromatic heterocycles. The van der Waals surface area contributed by atoms with Gasteiger partial charge in [-0.2, -0.15) is 0 Å². The summed E-state index contributed by atoms with van der Waals surface area (Å²) in [4.78, 5) is 34.1. The predicted molar refractivity (Wildman–Crippen MR) is 101 cm³/mol. The van der Waals surface area contributed by atoms with E-state index in [2.05, 4.69) is 15.2 Å². The van der Waals surface area contributed by atoms with Crippen LogP contribution in [-0.2, 0) is 4.79 Å². The third kappa shape index (κ3) is 3.23. The number of amides is 2. The number of hydrogen-bond acceptors (Lipinski definition) is 6. The van der Waals surface area contributed by atoms with Crippen molar-refractivity contribution in [3.63, 3.8) is 0 Å². The molecular weight excluding hydrogens is 356 g/mol. The zero-order chi connectivity index (χ0) is 17.4. The van der Waals surface area contributed by atoms with E-state index in [1.54, 1.807) is 23.6 Å². The third-order valence-corrected chi connectivity index (χ3v) is 6.42. The number of thioether (sulfide) groups is 1. The van der Waals surface area contributed by atoms with Crippen molar-refractivity contribution in [1.29, 1.82) is 0 Å². The number of benzene rings is 1. The Morgan fingerprint density at radius 1 is 1.28 bits per heavy atom. The Balaban J connectivity index is 1.45. The van der Waals surface area contributed by atoms with Gasteiger partial charge in [0.25, 0.3) is 5.91 Å². The largest absolute Gasteiger partial charge is 0.345 e. The summed E-state index contributed by atoms with van der Waals surface area (Å²) in [5.41, 5.74) is 1.36. The lowest BCUT2D eigenvalue weighted by molar-refractivity contribution is -0.115. The molecule has 130 valence electrons. The number of carbonyl (C=O) groups is 2. The standard InChI is InChI=1S/C17H18N4O2S2/c1-11-15(22)19-13-10-12(2-3-14(13)25-11)16(23)20-5-7-21(8-6-20)17-18-4-9-24-17/h2-4,9-11H,5-8H2,1H3,(H,19,22)/t11-/m0/s1. The summed E-state index contributed by atoms with van der Waals surface area (Å²) in [7, 11) is 0. The molecule has 2 amide bonds. The first kappa shape index (κ1) is 16.4. The van der Waals surface area contributed by atoms with Crippen LogP contribution in [0.4, 0.5) is 10.8 Å². The number of aromatic nitrogens is 1. The highest BCUT2D eigenvalue weighted by molar-refractivity contribution is 8.00. The number of nitrogens with zero attached hydrogens (tertiary/aromatic N) is 3. The number of piperazine rings is 1. The van der Waals surface area contributed by atoms with Gasteiger partial charge in [-0.05, 0) is 25.1 Å². The zero-order valence-electron chi connectivity index (χ0n) is 13.8. The summed E-state index contributed by atoms with van der Waals surface area (Å²) in [5.74, 6) is -0.00128. The molecule has 6 nitrogen and oxygen atoms in total. The monoisotopic (exact) mass is 374 g/mol. The van der Waals surface area contributed by atoms with Gasteiger partial charge in [-0.3, -0.25) is 9.59 Å². The first-order valence-corrected chi connectivity index (χ1v) is 9.93. The van der Waals surface area contributed by atoms with E-state index in [0.717, 1.165) is 28.8 Å². The lowest BCUT2D eigenvalue weighted by Crippen LogP contribution is -2.48. The predicted octanol–water partition coefficient (Wildman–Crippen LogP) is 2.54. The molecule has 0 spiro atoms. The minimum atomic E-state index is -0.104. The molecule has 0 radical (unpaired) electrons. The number of carbonyl (C=O) groups excluding carboxylic acids is 2. The van der Waals surface area contributed by atoms with E-state index in [9.17, 15) is 9.59 Å². The van der Waals surface area contributed by atoms with Crippen molar-refractivity contribution in [2.75, 3.05) is 36.4 Å². The Morgan fingerprint density at radius 2 is 2.08 bits per heavy atom. The van der Waals surface area contributed by atoms with E-state index < -0.39 is 0 Å². The van der Waals surface area contributed by atoms with Gasteiger partial charge in [0.1, 0.15) is 0 Å². The van der Waals surface area contributed by atoms with Crippen LogP contribution in [0.2, 0.25) is 0 Å². The Hall–Kier alpha value is -2.06. The number of nitrogens with one attached hydrogen (secondary N) is 1.